The molecule has 0 aliphatic carbocycles. The third-order valence-electron chi connectivity index (χ3n) is 2.61. The van der Waals surface area contributed by atoms with Gasteiger partial charge in [-0.15, -0.1) is 0 Å². The van der Waals surface area contributed by atoms with Gasteiger partial charge >= 0.3 is 6.03 Å². The van der Waals surface area contributed by atoms with Gasteiger partial charge in [0.2, 0.25) is 0 Å². The van der Waals surface area contributed by atoms with Gasteiger partial charge in [0, 0.05) is 26.2 Å². The first-order valence-electron chi connectivity index (χ1n) is 5.40. The number of rotatable bonds is 4. The first kappa shape index (κ1) is 11.4. The zero-order valence-corrected chi connectivity index (χ0v) is 9.52. The lowest BCUT2D eigenvalue weighted by atomic mass is 10.2. The highest BCUT2D eigenvalue weighted by Gasteiger charge is 2.19. The third-order valence-corrected chi connectivity index (χ3v) is 2.61. The van der Waals surface area contributed by atoms with Gasteiger partial charge in [0.05, 0.1) is 6.20 Å². The van der Waals surface area contributed by atoms with Gasteiger partial charge < -0.3 is 20.1 Å². The summed E-state index contributed by atoms with van der Waals surface area (Å²) in [6.07, 6.45) is 1.38. The summed E-state index contributed by atoms with van der Waals surface area (Å²) >= 11 is 0. The fourth-order valence-electron chi connectivity index (χ4n) is 1.64. The summed E-state index contributed by atoms with van der Waals surface area (Å²) in [7, 11) is 0. The molecule has 2 rings (SSSR count). The highest BCUT2D eigenvalue weighted by Crippen LogP contribution is 2.04. The number of nitrogens with one attached hydrogen (secondary N) is 2. The number of carbonyl (C=O) groups excluding carboxylic acids is 2. The SMILES string of the molecule is Cc1oncc1C(=O)NCCN1CCNC1=O. The molecule has 0 saturated carbocycles. The van der Waals surface area contributed by atoms with Crippen LogP contribution in [0.2, 0.25) is 0 Å². The summed E-state index contributed by atoms with van der Waals surface area (Å²) in [5.41, 5.74) is 0.427. The zero-order chi connectivity index (χ0) is 12.3. The van der Waals surface area contributed by atoms with Gasteiger partial charge in [-0.3, -0.25) is 4.79 Å². The lowest BCUT2D eigenvalue weighted by Gasteiger charge is -2.13. The molecule has 1 aromatic heterocycles. The number of aromatic nitrogens is 1. The van der Waals surface area contributed by atoms with Crippen LogP contribution in [0.4, 0.5) is 4.79 Å². The average molecular weight is 238 g/mol. The Morgan fingerprint density at radius 1 is 1.71 bits per heavy atom. The second-order valence-electron chi connectivity index (χ2n) is 3.77. The molecule has 0 radical (unpaired) electrons. The minimum absolute atomic E-state index is 0.0830. The molecule has 3 amide bonds. The minimum Gasteiger partial charge on any atom is -0.361 e. The van der Waals surface area contributed by atoms with Gasteiger partial charge in [-0.1, -0.05) is 5.16 Å². The summed E-state index contributed by atoms with van der Waals surface area (Å²) in [6.45, 7) is 3.94. The molecule has 1 aliphatic heterocycles. The Bertz CT molecular complexity index is 429. The molecule has 2 N–H and O–H groups in total. The number of amides is 3. The quantitative estimate of drug-likeness (QED) is 0.756. The first-order chi connectivity index (χ1) is 8.18. The maximum atomic E-state index is 11.7. The maximum absolute atomic E-state index is 11.7. The van der Waals surface area contributed by atoms with Gasteiger partial charge in [-0.05, 0) is 6.92 Å². The van der Waals surface area contributed by atoms with Crippen LogP contribution in [0, 0.1) is 6.92 Å². The molecule has 0 spiro atoms. The van der Waals surface area contributed by atoms with Crippen LogP contribution in [0.1, 0.15) is 16.1 Å². The van der Waals surface area contributed by atoms with E-state index in [0.29, 0.717) is 37.5 Å². The van der Waals surface area contributed by atoms with Crippen LogP contribution in [-0.2, 0) is 0 Å². The molecule has 7 heteroatoms. The molecule has 0 unspecified atom stereocenters. The van der Waals surface area contributed by atoms with Crippen molar-refractivity contribution in [3.05, 3.63) is 17.5 Å². The Hall–Kier alpha value is -2.05. The Kier molecular flexibility index (Phi) is 3.27. The van der Waals surface area contributed by atoms with Crippen molar-refractivity contribution in [2.75, 3.05) is 26.2 Å². The van der Waals surface area contributed by atoms with Crippen molar-refractivity contribution in [2.45, 2.75) is 6.92 Å². The second-order valence-corrected chi connectivity index (χ2v) is 3.77. The third kappa shape index (κ3) is 2.55. The zero-order valence-electron chi connectivity index (χ0n) is 9.52. The molecular weight excluding hydrogens is 224 g/mol. The van der Waals surface area contributed by atoms with Crippen LogP contribution in [0.5, 0.6) is 0 Å². The van der Waals surface area contributed by atoms with E-state index in [9.17, 15) is 9.59 Å². The Morgan fingerprint density at radius 2 is 2.53 bits per heavy atom. The number of urea groups is 1. The predicted octanol–water partition coefficient (Wildman–Crippen LogP) is -0.262. The molecule has 0 atom stereocenters. The lowest BCUT2D eigenvalue weighted by molar-refractivity contribution is 0.0948. The molecular formula is C10H14N4O3. The normalized spacial score (nSPS) is 14.9. The molecule has 0 aromatic carbocycles. The van der Waals surface area contributed by atoms with Gasteiger partial charge in [-0.2, -0.15) is 0 Å². The smallest absolute Gasteiger partial charge is 0.317 e. The van der Waals surface area contributed by atoms with E-state index in [0.717, 1.165) is 0 Å². The van der Waals surface area contributed by atoms with Crippen molar-refractivity contribution in [3.63, 3.8) is 0 Å². The van der Waals surface area contributed by atoms with Crippen molar-refractivity contribution in [2.24, 2.45) is 0 Å². The van der Waals surface area contributed by atoms with E-state index in [4.69, 9.17) is 4.52 Å². The van der Waals surface area contributed by atoms with Crippen LogP contribution in [0.3, 0.4) is 0 Å². The molecule has 17 heavy (non-hydrogen) atoms. The molecule has 0 bridgehead atoms. The Labute approximate surface area is 98.1 Å². The standard InChI is InChI=1S/C10H14N4O3/c1-7-8(6-13-17-7)9(15)11-2-4-14-5-3-12-10(14)16/h6H,2-5H2,1H3,(H,11,15)(H,12,16). The van der Waals surface area contributed by atoms with Crippen molar-refractivity contribution in [1.29, 1.82) is 0 Å². The molecule has 1 aliphatic rings. The van der Waals surface area contributed by atoms with E-state index in [1.54, 1.807) is 11.8 Å². The predicted molar refractivity (Wildman–Crippen MR) is 58.5 cm³/mol. The van der Waals surface area contributed by atoms with Crippen molar-refractivity contribution in [3.8, 4) is 0 Å². The van der Waals surface area contributed by atoms with Crippen molar-refractivity contribution in [1.82, 2.24) is 20.7 Å². The van der Waals surface area contributed by atoms with Gasteiger partial charge in [-0.25, -0.2) is 4.79 Å². The first-order valence-corrected chi connectivity index (χ1v) is 5.40. The molecule has 2 heterocycles. The fraction of sp³-hybridized carbons (Fsp3) is 0.500. The summed E-state index contributed by atoms with van der Waals surface area (Å²) in [4.78, 5) is 24.5. The van der Waals surface area contributed by atoms with Gasteiger partial charge in [0.15, 0.2) is 0 Å². The van der Waals surface area contributed by atoms with E-state index in [2.05, 4.69) is 15.8 Å². The second kappa shape index (κ2) is 4.86. The highest BCUT2D eigenvalue weighted by molar-refractivity contribution is 5.94. The van der Waals surface area contributed by atoms with Gasteiger partial charge in [0.1, 0.15) is 11.3 Å². The van der Waals surface area contributed by atoms with E-state index in [-0.39, 0.29) is 11.9 Å². The highest BCUT2D eigenvalue weighted by atomic mass is 16.5. The van der Waals surface area contributed by atoms with E-state index in [1.165, 1.54) is 6.20 Å². The molecule has 92 valence electrons. The maximum Gasteiger partial charge on any atom is 0.317 e. The summed E-state index contributed by atoms with van der Waals surface area (Å²) in [5, 5.41) is 8.94. The summed E-state index contributed by atoms with van der Waals surface area (Å²) in [6, 6.07) is -0.0830. The van der Waals surface area contributed by atoms with E-state index < -0.39 is 0 Å². The Balaban J connectivity index is 1.77. The van der Waals surface area contributed by atoms with E-state index in [1.807, 2.05) is 0 Å². The molecule has 1 aromatic rings. The average Bonchev–Trinajstić information content (AvgIpc) is 2.88. The number of hydrogen-bond donors (Lipinski definition) is 2. The topological polar surface area (TPSA) is 87.5 Å². The van der Waals surface area contributed by atoms with Crippen LogP contribution >= 0.6 is 0 Å². The van der Waals surface area contributed by atoms with Crippen LogP contribution in [0.25, 0.3) is 0 Å². The monoisotopic (exact) mass is 238 g/mol. The van der Waals surface area contributed by atoms with Crippen LogP contribution in [-0.4, -0.2) is 48.2 Å². The van der Waals surface area contributed by atoms with Crippen molar-refractivity contribution >= 4 is 11.9 Å². The Morgan fingerprint density at radius 3 is 3.12 bits per heavy atom. The van der Waals surface area contributed by atoms with Crippen LogP contribution in [0.15, 0.2) is 10.7 Å². The fourth-order valence-corrected chi connectivity index (χ4v) is 1.64. The number of carbonyl (C=O) groups is 2. The van der Waals surface area contributed by atoms with E-state index >= 15 is 0 Å². The molecule has 7 nitrogen and oxygen atoms in total. The van der Waals surface area contributed by atoms with Crippen LogP contribution < -0.4 is 10.6 Å². The molecule has 1 fully saturated rings. The summed E-state index contributed by atoms with van der Waals surface area (Å²) in [5.74, 6) is 0.254. The molecule has 1 saturated heterocycles. The van der Waals surface area contributed by atoms with Crippen molar-refractivity contribution < 1.29 is 14.1 Å². The van der Waals surface area contributed by atoms with Gasteiger partial charge in [0.25, 0.3) is 5.91 Å². The summed E-state index contributed by atoms with van der Waals surface area (Å²) < 4.78 is 4.80. The largest absolute Gasteiger partial charge is 0.361 e. The number of hydrogen-bond acceptors (Lipinski definition) is 4. The minimum atomic E-state index is -0.233. The number of nitrogens with zero attached hydrogens (tertiary/aromatic N) is 2. The lowest BCUT2D eigenvalue weighted by Crippen LogP contribution is -2.36. The number of aryl methyl sites for hydroxylation is 1.